The molecule has 3 nitrogen and oxygen atoms in total. The van der Waals surface area contributed by atoms with Crippen molar-refractivity contribution in [1.82, 2.24) is 0 Å². The maximum absolute atomic E-state index is 6.71. The first-order valence-electron chi connectivity index (χ1n) is 21.4. The lowest BCUT2D eigenvalue weighted by molar-refractivity contribution is 0.669. The summed E-state index contributed by atoms with van der Waals surface area (Å²) in [6.07, 6.45) is 0. The summed E-state index contributed by atoms with van der Waals surface area (Å²) < 4.78 is 12.9. The van der Waals surface area contributed by atoms with Gasteiger partial charge in [0.2, 0.25) is 0 Å². The zero-order valence-electron chi connectivity index (χ0n) is 34.3. The second-order valence-electron chi connectivity index (χ2n) is 16.0. The van der Waals surface area contributed by atoms with E-state index in [1.807, 2.05) is 18.2 Å². The van der Waals surface area contributed by atoms with Gasteiger partial charge < -0.3 is 13.7 Å². The van der Waals surface area contributed by atoms with Crippen LogP contribution in [0.4, 0.5) is 17.1 Å². The monoisotopic (exact) mass is 805 g/mol. The predicted octanol–water partition coefficient (Wildman–Crippen LogP) is 17.3. The van der Waals surface area contributed by atoms with Crippen molar-refractivity contribution in [3.05, 3.63) is 237 Å². The lowest BCUT2D eigenvalue weighted by Crippen LogP contribution is -2.13. The first-order valence-corrected chi connectivity index (χ1v) is 21.4. The third kappa shape index (κ3) is 6.29. The second kappa shape index (κ2) is 15.3. The Morgan fingerprint density at radius 1 is 0.270 bits per heavy atom. The average Bonchev–Trinajstić information content (AvgIpc) is 3.93. The quantitative estimate of drug-likeness (QED) is 0.153. The average molecular weight is 806 g/mol. The summed E-state index contributed by atoms with van der Waals surface area (Å²) in [7, 11) is 0. The van der Waals surface area contributed by atoms with E-state index >= 15 is 0 Å². The molecule has 0 unspecified atom stereocenters. The van der Waals surface area contributed by atoms with E-state index < -0.39 is 0 Å². The van der Waals surface area contributed by atoms with Gasteiger partial charge in [-0.15, -0.1) is 0 Å². The molecule has 0 amide bonds. The summed E-state index contributed by atoms with van der Waals surface area (Å²) in [4.78, 5) is 2.44. The number of nitrogens with zero attached hydrogens (tertiary/aromatic N) is 1. The molecule has 3 heteroatoms. The summed E-state index contributed by atoms with van der Waals surface area (Å²) in [5.74, 6) is 0. The molecule has 0 bridgehead atoms. The fraction of sp³-hybridized carbons (Fsp3) is 0. The highest BCUT2D eigenvalue weighted by Crippen LogP contribution is 2.51. The molecule has 63 heavy (non-hydrogen) atoms. The summed E-state index contributed by atoms with van der Waals surface area (Å²) in [5.41, 5.74) is 17.9. The van der Waals surface area contributed by atoms with E-state index in [1.54, 1.807) is 0 Å². The molecular formula is C60H39NO2. The number of rotatable bonds is 8. The summed E-state index contributed by atoms with van der Waals surface area (Å²) in [6.45, 7) is 0. The van der Waals surface area contributed by atoms with E-state index in [4.69, 9.17) is 8.83 Å². The number of hydrogen-bond acceptors (Lipinski definition) is 3. The minimum Gasteiger partial charge on any atom is -0.456 e. The zero-order valence-corrected chi connectivity index (χ0v) is 34.3. The Labute approximate surface area is 365 Å². The first kappa shape index (κ1) is 36.5. The fourth-order valence-electron chi connectivity index (χ4n) is 9.41. The Morgan fingerprint density at radius 3 is 1.54 bits per heavy atom. The molecule has 0 saturated heterocycles. The lowest BCUT2D eigenvalue weighted by Gasteiger charge is -2.31. The molecule has 0 atom stereocenters. The van der Waals surface area contributed by atoms with Crippen molar-refractivity contribution < 1.29 is 8.83 Å². The Morgan fingerprint density at radius 2 is 0.778 bits per heavy atom. The minimum absolute atomic E-state index is 0.872. The number of para-hydroxylation sites is 4. The van der Waals surface area contributed by atoms with Crippen molar-refractivity contribution in [2.24, 2.45) is 0 Å². The number of furan rings is 2. The molecule has 0 radical (unpaired) electrons. The van der Waals surface area contributed by atoms with Crippen LogP contribution in [-0.4, -0.2) is 0 Å². The van der Waals surface area contributed by atoms with Crippen molar-refractivity contribution >= 4 is 60.9 Å². The Bertz CT molecular complexity index is 3620. The SMILES string of the molecule is c1ccc(-c2ccccc2-c2c(-c3ccccc3)cccc2N(c2ccc(-c3ccc4oc5ccccc5c4c3)cc2)c2ccccc2-c2cccc3c2oc2ccccc23)cc1. The minimum atomic E-state index is 0.872. The Hall–Kier alpha value is -8.40. The van der Waals surface area contributed by atoms with E-state index in [-0.39, 0.29) is 0 Å². The fourth-order valence-corrected chi connectivity index (χ4v) is 9.41. The van der Waals surface area contributed by atoms with E-state index in [0.717, 1.165) is 111 Å². The van der Waals surface area contributed by atoms with Gasteiger partial charge in [0.05, 0.1) is 11.4 Å². The van der Waals surface area contributed by atoms with Crippen molar-refractivity contribution in [3.8, 4) is 55.6 Å². The zero-order chi connectivity index (χ0) is 41.7. The van der Waals surface area contributed by atoms with Crippen molar-refractivity contribution in [2.45, 2.75) is 0 Å². The van der Waals surface area contributed by atoms with Gasteiger partial charge in [-0.2, -0.15) is 0 Å². The van der Waals surface area contributed by atoms with Gasteiger partial charge in [0.15, 0.2) is 0 Å². The van der Waals surface area contributed by atoms with Crippen LogP contribution in [0.3, 0.4) is 0 Å². The predicted molar refractivity (Wildman–Crippen MR) is 263 cm³/mol. The van der Waals surface area contributed by atoms with Crippen LogP contribution in [0, 0.1) is 0 Å². The molecule has 12 aromatic rings. The normalized spacial score (nSPS) is 11.5. The van der Waals surface area contributed by atoms with Crippen LogP contribution in [0.1, 0.15) is 0 Å². The molecule has 0 N–H and O–H groups in total. The topological polar surface area (TPSA) is 29.5 Å². The third-order valence-electron chi connectivity index (χ3n) is 12.3. The molecule has 12 rings (SSSR count). The maximum atomic E-state index is 6.71. The highest BCUT2D eigenvalue weighted by Gasteiger charge is 2.25. The van der Waals surface area contributed by atoms with Crippen LogP contribution >= 0.6 is 0 Å². The molecule has 2 aromatic heterocycles. The van der Waals surface area contributed by atoms with Gasteiger partial charge in [0.1, 0.15) is 22.3 Å². The highest BCUT2D eigenvalue weighted by atomic mass is 16.3. The Kier molecular flexibility index (Phi) is 8.83. The third-order valence-corrected chi connectivity index (χ3v) is 12.3. The lowest BCUT2D eigenvalue weighted by atomic mass is 9.87. The smallest absolute Gasteiger partial charge is 0.143 e. The summed E-state index contributed by atoms with van der Waals surface area (Å²) >= 11 is 0. The van der Waals surface area contributed by atoms with Crippen molar-refractivity contribution in [1.29, 1.82) is 0 Å². The van der Waals surface area contributed by atoms with Crippen LogP contribution in [0.15, 0.2) is 245 Å². The molecule has 0 fully saturated rings. The molecule has 0 aliphatic heterocycles. The number of fused-ring (bicyclic) bond motifs is 6. The van der Waals surface area contributed by atoms with E-state index in [0.29, 0.717) is 0 Å². The van der Waals surface area contributed by atoms with Gasteiger partial charge in [-0.05, 0) is 87.5 Å². The molecule has 0 aliphatic carbocycles. The number of anilines is 3. The molecule has 296 valence electrons. The van der Waals surface area contributed by atoms with Crippen LogP contribution in [-0.2, 0) is 0 Å². The van der Waals surface area contributed by atoms with E-state index in [1.165, 1.54) is 5.56 Å². The van der Waals surface area contributed by atoms with Crippen LogP contribution < -0.4 is 4.90 Å². The van der Waals surface area contributed by atoms with Crippen LogP contribution in [0.2, 0.25) is 0 Å². The molecular weight excluding hydrogens is 767 g/mol. The Balaban J connectivity index is 1.11. The van der Waals surface area contributed by atoms with E-state index in [2.05, 4.69) is 223 Å². The van der Waals surface area contributed by atoms with Gasteiger partial charge in [-0.1, -0.05) is 188 Å². The van der Waals surface area contributed by atoms with Gasteiger partial charge in [0.25, 0.3) is 0 Å². The molecule has 10 aromatic carbocycles. The maximum Gasteiger partial charge on any atom is 0.143 e. The largest absolute Gasteiger partial charge is 0.456 e. The summed E-state index contributed by atoms with van der Waals surface area (Å²) in [5, 5.41) is 4.44. The molecule has 0 spiro atoms. The van der Waals surface area contributed by atoms with Gasteiger partial charge >= 0.3 is 0 Å². The molecule has 0 aliphatic rings. The van der Waals surface area contributed by atoms with Crippen LogP contribution in [0.5, 0.6) is 0 Å². The second-order valence-corrected chi connectivity index (χ2v) is 16.0. The number of benzene rings is 10. The van der Waals surface area contributed by atoms with Crippen LogP contribution in [0.25, 0.3) is 99.5 Å². The van der Waals surface area contributed by atoms with Gasteiger partial charge in [-0.25, -0.2) is 0 Å². The van der Waals surface area contributed by atoms with Crippen molar-refractivity contribution in [2.75, 3.05) is 4.90 Å². The van der Waals surface area contributed by atoms with Gasteiger partial charge in [0, 0.05) is 43.9 Å². The first-order chi connectivity index (χ1) is 31.3. The molecule has 0 saturated carbocycles. The van der Waals surface area contributed by atoms with E-state index in [9.17, 15) is 0 Å². The standard InChI is InChI=1S/C60H39NO2/c1-3-17-41(18-4-1)45-21-7-8-25-50(45)59-46(42-19-5-2-6-20-42)26-16-30-55(59)61(44-36-33-40(34-37-44)43-35-38-58-53(39-43)49-24-11-13-31-56(49)62-58)54-29-12-9-22-47(54)51-27-15-28-52-48-23-10-14-32-57(48)63-60(51)52/h1-39H. The summed E-state index contributed by atoms with van der Waals surface area (Å²) in [6, 6.07) is 84.3. The molecule has 2 heterocycles. The highest BCUT2D eigenvalue weighted by molar-refractivity contribution is 6.12. The van der Waals surface area contributed by atoms with Crippen molar-refractivity contribution in [3.63, 3.8) is 0 Å². The van der Waals surface area contributed by atoms with Gasteiger partial charge in [-0.3, -0.25) is 0 Å². The number of hydrogen-bond donors (Lipinski definition) is 0.